The molecular formula is C17H19ClN4O2S. The van der Waals surface area contributed by atoms with Gasteiger partial charge in [0.25, 0.3) is 11.5 Å². The van der Waals surface area contributed by atoms with Gasteiger partial charge in [0.15, 0.2) is 0 Å². The van der Waals surface area contributed by atoms with Gasteiger partial charge in [-0.3, -0.25) is 14.6 Å². The summed E-state index contributed by atoms with van der Waals surface area (Å²) >= 11 is 7.15. The summed E-state index contributed by atoms with van der Waals surface area (Å²) in [6.07, 6.45) is 3.89. The molecule has 8 heteroatoms. The highest BCUT2D eigenvalue weighted by Gasteiger charge is 2.33. The second kappa shape index (κ2) is 6.80. The Bertz CT molecular complexity index is 837. The number of H-pyrrole nitrogens is 1. The molecule has 2 aliphatic rings. The molecule has 3 heterocycles. The lowest BCUT2D eigenvalue weighted by Gasteiger charge is -2.35. The van der Waals surface area contributed by atoms with Crippen molar-refractivity contribution in [3.05, 3.63) is 43.5 Å². The van der Waals surface area contributed by atoms with Gasteiger partial charge < -0.3 is 10.2 Å². The summed E-state index contributed by atoms with van der Waals surface area (Å²) in [5.41, 5.74) is 0.725. The fraction of sp³-hybridized carbons (Fsp3) is 0.471. The third kappa shape index (κ3) is 3.57. The summed E-state index contributed by atoms with van der Waals surface area (Å²) in [4.78, 5) is 34.4. The van der Waals surface area contributed by atoms with Crippen molar-refractivity contribution in [2.45, 2.75) is 37.6 Å². The fourth-order valence-corrected chi connectivity index (χ4v) is 4.37. The Morgan fingerprint density at radius 3 is 2.76 bits per heavy atom. The topological polar surface area (TPSA) is 78.1 Å². The SMILES string of the molecule is O=C(NC1CC(c2cc(=O)[nH]c(N3CCCC3)n2)C1)c1ccc(Cl)s1. The van der Waals surface area contributed by atoms with E-state index in [1.54, 1.807) is 18.2 Å². The Kier molecular flexibility index (Phi) is 4.52. The number of aromatic nitrogens is 2. The van der Waals surface area contributed by atoms with Gasteiger partial charge in [-0.05, 0) is 37.8 Å². The van der Waals surface area contributed by atoms with E-state index in [1.165, 1.54) is 11.3 Å². The van der Waals surface area contributed by atoms with Gasteiger partial charge in [-0.25, -0.2) is 4.98 Å². The van der Waals surface area contributed by atoms with E-state index >= 15 is 0 Å². The van der Waals surface area contributed by atoms with Gasteiger partial charge in [-0.15, -0.1) is 11.3 Å². The maximum atomic E-state index is 12.1. The van der Waals surface area contributed by atoms with Crippen LogP contribution in [0.4, 0.5) is 5.95 Å². The van der Waals surface area contributed by atoms with Crippen LogP contribution in [0.15, 0.2) is 23.0 Å². The molecule has 2 N–H and O–H groups in total. The molecule has 0 radical (unpaired) electrons. The van der Waals surface area contributed by atoms with Crippen LogP contribution in [0.25, 0.3) is 0 Å². The lowest BCUT2D eigenvalue weighted by molar-refractivity contribution is 0.0912. The van der Waals surface area contributed by atoms with Crippen LogP contribution in [0.3, 0.4) is 0 Å². The Morgan fingerprint density at radius 1 is 1.32 bits per heavy atom. The zero-order valence-corrected chi connectivity index (χ0v) is 15.2. The van der Waals surface area contributed by atoms with E-state index in [1.807, 2.05) is 0 Å². The first-order valence-electron chi connectivity index (χ1n) is 8.51. The number of anilines is 1. The van der Waals surface area contributed by atoms with Gasteiger partial charge in [-0.2, -0.15) is 0 Å². The van der Waals surface area contributed by atoms with Crippen molar-refractivity contribution >= 4 is 34.8 Å². The molecule has 4 rings (SSSR count). The van der Waals surface area contributed by atoms with Crippen molar-refractivity contribution in [3.63, 3.8) is 0 Å². The molecule has 2 fully saturated rings. The van der Waals surface area contributed by atoms with Crippen LogP contribution in [0.5, 0.6) is 0 Å². The second-order valence-corrected chi connectivity index (χ2v) is 8.35. The monoisotopic (exact) mass is 378 g/mol. The minimum Gasteiger partial charge on any atom is -0.349 e. The molecule has 2 aromatic heterocycles. The van der Waals surface area contributed by atoms with E-state index < -0.39 is 0 Å². The zero-order valence-electron chi connectivity index (χ0n) is 13.6. The number of halogens is 1. The third-order valence-corrected chi connectivity index (χ3v) is 6.07. The van der Waals surface area contributed by atoms with Gasteiger partial charge in [0.1, 0.15) is 0 Å². The molecule has 6 nitrogen and oxygen atoms in total. The van der Waals surface area contributed by atoms with Crippen LogP contribution in [0.2, 0.25) is 4.34 Å². The predicted molar refractivity (Wildman–Crippen MR) is 98.9 cm³/mol. The molecule has 1 saturated carbocycles. The number of nitrogens with zero attached hydrogens (tertiary/aromatic N) is 2. The van der Waals surface area contributed by atoms with Crippen LogP contribution < -0.4 is 15.8 Å². The molecule has 0 unspecified atom stereocenters. The van der Waals surface area contributed by atoms with Crippen molar-refractivity contribution in [2.75, 3.05) is 18.0 Å². The number of hydrogen-bond acceptors (Lipinski definition) is 5. The van der Waals surface area contributed by atoms with Gasteiger partial charge in [0, 0.05) is 31.1 Å². The molecule has 0 atom stereocenters. The lowest BCUT2D eigenvalue weighted by atomic mass is 9.78. The molecule has 1 aliphatic carbocycles. The van der Waals surface area contributed by atoms with Crippen molar-refractivity contribution < 1.29 is 4.79 Å². The molecule has 1 aliphatic heterocycles. The van der Waals surface area contributed by atoms with Gasteiger partial charge >= 0.3 is 0 Å². The van der Waals surface area contributed by atoms with Crippen molar-refractivity contribution in [1.82, 2.24) is 15.3 Å². The standard InChI is InChI=1S/C17H19ClN4O2S/c18-14-4-3-13(25-14)16(24)19-11-7-10(8-11)12-9-15(23)21-17(20-12)22-5-1-2-6-22/h3-4,9-11H,1-2,5-8H2,(H,19,24)(H,20,21,23). The number of aromatic amines is 1. The highest BCUT2D eigenvalue weighted by Crippen LogP contribution is 2.36. The van der Waals surface area contributed by atoms with Crippen LogP contribution in [0.1, 0.15) is 47.0 Å². The first-order chi connectivity index (χ1) is 12.1. The van der Waals surface area contributed by atoms with Gasteiger partial charge in [-0.1, -0.05) is 11.6 Å². The molecule has 132 valence electrons. The Morgan fingerprint density at radius 2 is 2.08 bits per heavy atom. The number of carbonyl (C=O) groups excluding carboxylic acids is 1. The molecule has 0 spiro atoms. The van der Waals surface area contributed by atoms with Crippen molar-refractivity contribution in [3.8, 4) is 0 Å². The Balaban J connectivity index is 1.38. The van der Waals surface area contributed by atoms with Crippen LogP contribution in [-0.2, 0) is 0 Å². The molecule has 0 bridgehead atoms. The summed E-state index contributed by atoms with van der Waals surface area (Å²) < 4.78 is 0.610. The van der Waals surface area contributed by atoms with Crippen LogP contribution >= 0.6 is 22.9 Å². The summed E-state index contributed by atoms with van der Waals surface area (Å²) in [7, 11) is 0. The number of rotatable bonds is 4. The highest BCUT2D eigenvalue weighted by atomic mass is 35.5. The van der Waals surface area contributed by atoms with E-state index in [0.717, 1.165) is 44.5 Å². The molecular weight excluding hydrogens is 360 g/mol. The van der Waals surface area contributed by atoms with Crippen molar-refractivity contribution in [1.29, 1.82) is 0 Å². The Labute approximate surface area is 154 Å². The largest absolute Gasteiger partial charge is 0.349 e. The average Bonchev–Trinajstić information content (AvgIpc) is 3.21. The summed E-state index contributed by atoms with van der Waals surface area (Å²) in [6.45, 7) is 1.89. The van der Waals surface area contributed by atoms with Crippen molar-refractivity contribution in [2.24, 2.45) is 0 Å². The number of carbonyl (C=O) groups is 1. The predicted octanol–water partition coefficient (Wildman–Crippen LogP) is 2.76. The minimum absolute atomic E-state index is 0.0861. The highest BCUT2D eigenvalue weighted by molar-refractivity contribution is 7.18. The quantitative estimate of drug-likeness (QED) is 0.857. The normalized spacial score (nSPS) is 22.7. The number of hydrogen-bond donors (Lipinski definition) is 2. The Hall–Kier alpha value is -1.86. The molecule has 1 amide bonds. The average molecular weight is 379 g/mol. The summed E-state index contributed by atoms with van der Waals surface area (Å²) in [5.74, 6) is 0.818. The third-order valence-electron chi connectivity index (χ3n) is 4.84. The van der Waals surface area contributed by atoms with Gasteiger partial charge in [0.05, 0.1) is 14.9 Å². The van der Waals surface area contributed by atoms with E-state index in [4.69, 9.17) is 11.6 Å². The lowest BCUT2D eigenvalue weighted by Crippen LogP contribution is -2.43. The van der Waals surface area contributed by atoms with E-state index in [0.29, 0.717) is 15.2 Å². The number of thiophene rings is 1. The first kappa shape index (κ1) is 16.6. The van der Waals surface area contributed by atoms with E-state index in [-0.39, 0.29) is 23.4 Å². The van der Waals surface area contributed by atoms with Crippen LogP contribution in [-0.4, -0.2) is 35.0 Å². The fourth-order valence-electron chi connectivity index (χ4n) is 3.42. The summed E-state index contributed by atoms with van der Waals surface area (Å²) in [6, 6.07) is 5.17. The maximum absolute atomic E-state index is 12.1. The number of amides is 1. The van der Waals surface area contributed by atoms with Crippen LogP contribution in [0, 0.1) is 0 Å². The second-order valence-electron chi connectivity index (χ2n) is 6.63. The molecule has 25 heavy (non-hydrogen) atoms. The van der Waals surface area contributed by atoms with E-state index in [9.17, 15) is 9.59 Å². The molecule has 0 aromatic carbocycles. The summed E-state index contributed by atoms with van der Waals surface area (Å²) in [5, 5.41) is 3.02. The van der Waals surface area contributed by atoms with Gasteiger partial charge in [0.2, 0.25) is 5.95 Å². The maximum Gasteiger partial charge on any atom is 0.261 e. The van der Waals surface area contributed by atoms with E-state index in [2.05, 4.69) is 20.2 Å². The zero-order chi connectivity index (χ0) is 17.4. The molecule has 1 saturated heterocycles. The minimum atomic E-state index is -0.104. The first-order valence-corrected chi connectivity index (χ1v) is 9.70. The smallest absolute Gasteiger partial charge is 0.261 e. The number of nitrogens with one attached hydrogen (secondary N) is 2. The molecule has 2 aromatic rings.